The molecule has 1 saturated heterocycles. The van der Waals surface area contributed by atoms with Crippen LogP contribution in [0.5, 0.6) is 5.75 Å². The number of rotatable bonds is 6. The Morgan fingerprint density at radius 2 is 1.83 bits per heavy atom. The van der Waals surface area contributed by atoms with E-state index in [1.165, 1.54) is 0 Å². The van der Waals surface area contributed by atoms with Crippen LogP contribution in [0.2, 0.25) is 0 Å². The monoisotopic (exact) mass is 325 g/mol. The third-order valence-electron chi connectivity index (χ3n) is 4.18. The van der Waals surface area contributed by atoms with Crippen LogP contribution >= 0.6 is 0 Å². The second kappa shape index (κ2) is 8.45. The summed E-state index contributed by atoms with van der Waals surface area (Å²) in [7, 11) is 0. The van der Waals surface area contributed by atoms with Crippen molar-refractivity contribution in [3.05, 3.63) is 60.4 Å². The first-order chi connectivity index (χ1) is 11.8. The van der Waals surface area contributed by atoms with Crippen LogP contribution in [-0.2, 0) is 11.3 Å². The quantitative estimate of drug-likeness (QED) is 0.817. The average molecular weight is 325 g/mol. The molecule has 1 aromatic carbocycles. The van der Waals surface area contributed by atoms with E-state index < -0.39 is 0 Å². The highest BCUT2D eigenvalue weighted by atomic mass is 16.5. The molecule has 1 fully saturated rings. The SMILES string of the molecule is O=C1CCN(CCOc2ccccc2)CCN1Cc1ccccn1. The van der Waals surface area contributed by atoms with Crippen molar-refractivity contribution in [1.29, 1.82) is 0 Å². The van der Waals surface area contributed by atoms with Gasteiger partial charge in [-0.25, -0.2) is 0 Å². The summed E-state index contributed by atoms with van der Waals surface area (Å²) >= 11 is 0. The van der Waals surface area contributed by atoms with Crippen LogP contribution in [-0.4, -0.2) is 53.5 Å². The predicted octanol–water partition coefficient (Wildman–Crippen LogP) is 2.19. The molecule has 1 aliphatic heterocycles. The zero-order chi connectivity index (χ0) is 16.6. The van der Waals surface area contributed by atoms with Gasteiger partial charge in [0.25, 0.3) is 0 Å². The smallest absolute Gasteiger partial charge is 0.224 e. The summed E-state index contributed by atoms with van der Waals surface area (Å²) in [5, 5.41) is 0. The molecule has 1 aromatic heterocycles. The minimum absolute atomic E-state index is 0.201. The average Bonchev–Trinajstić information content (AvgIpc) is 2.80. The van der Waals surface area contributed by atoms with E-state index in [4.69, 9.17) is 4.74 Å². The van der Waals surface area contributed by atoms with E-state index in [0.717, 1.165) is 37.6 Å². The van der Waals surface area contributed by atoms with Crippen LogP contribution in [0, 0.1) is 0 Å². The van der Waals surface area contributed by atoms with E-state index in [-0.39, 0.29) is 5.91 Å². The van der Waals surface area contributed by atoms with Gasteiger partial charge in [-0.1, -0.05) is 24.3 Å². The molecule has 126 valence electrons. The largest absolute Gasteiger partial charge is 0.492 e. The zero-order valence-corrected chi connectivity index (χ0v) is 13.8. The van der Waals surface area contributed by atoms with Crippen LogP contribution in [0.3, 0.4) is 0 Å². The van der Waals surface area contributed by atoms with Gasteiger partial charge in [0.2, 0.25) is 5.91 Å². The summed E-state index contributed by atoms with van der Waals surface area (Å²) in [4.78, 5) is 20.8. The molecule has 2 heterocycles. The van der Waals surface area contributed by atoms with Crippen LogP contribution in [0.4, 0.5) is 0 Å². The number of pyridine rings is 1. The lowest BCUT2D eigenvalue weighted by atomic mass is 10.3. The molecular weight excluding hydrogens is 302 g/mol. The van der Waals surface area contributed by atoms with Crippen molar-refractivity contribution in [2.75, 3.05) is 32.8 Å². The maximum Gasteiger partial charge on any atom is 0.224 e. The standard InChI is InChI=1S/C19H23N3O2/c23-19-9-11-21(14-15-24-18-7-2-1-3-8-18)12-13-22(19)16-17-6-4-5-10-20-17/h1-8,10H,9,11-16H2. The molecule has 0 spiro atoms. The number of benzene rings is 1. The third-order valence-corrected chi connectivity index (χ3v) is 4.18. The molecule has 1 amide bonds. The Bertz CT molecular complexity index is 634. The molecule has 0 radical (unpaired) electrons. The first kappa shape index (κ1) is 16.5. The minimum atomic E-state index is 0.201. The number of carbonyl (C=O) groups excluding carboxylic acids is 1. The zero-order valence-electron chi connectivity index (χ0n) is 13.8. The van der Waals surface area contributed by atoms with Crippen molar-refractivity contribution < 1.29 is 9.53 Å². The van der Waals surface area contributed by atoms with Crippen molar-refractivity contribution >= 4 is 5.91 Å². The van der Waals surface area contributed by atoms with Crippen molar-refractivity contribution in [3.8, 4) is 5.75 Å². The maximum absolute atomic E-state index is 12.3. The van der Waals surface area contributed by atoms with Gasteiger partial charge >= 0.3 is 0 Å². The van der Waals surface area contributed by atoms with Crippen molar-refractivity contribution in [3.63, 3.8) is 0 Å². The summed E-state index contributed by atoms with van der Waals surface area (Å²) < 4.78 is 5.75. The van der Waals surface area contributed by atoms with Gasteiger partial charge in [-0.2, -0.15) is 0 Å². The number of para-hydroxylation sites is 1. The van der Waals surface area contributed by atoms with Crippen molar-refractivity contribution in [1.82, 2.24) is 14.8 Å². The van der Waals surface area contributed by atoms with Crippen molar-refractivity contribution in [2.24, 2.45) is 0 Å². The molecule has 0 saturated carbocycles. The molecule has 0 atom stereocenters. The topological polar surface area (TPSA) is 45.7 Å². The minimum Gasteiger partial charge on any atom is -0.492 e. The predicted molar refractivity (Wildman–Crippen MR) is 92.6 cm³/mol. The fourth-order valence-corrected chi connectivity index (χ4v) is 2.80. The van der Waals surface area contributed by atoms with Crippen LogP contribution in [0.1, 0.15) is 12.1 Å². The number of ether oxygens (including phenoxy) is 1. The van der Waals surface area contributed by atoms with E-state index in [2.05, 4.69) is 9.88 Å². The lowest BCUT2D eigenvalue weighted by molar-refractivity contribution is -0.131. The van der Waals surface area contributed by atoms with Crippen LogP contribution in [0.25, 0.3) is 0 Å². The Hall–Kier alpha value is -2.40. The molecular formula is C19H23N3O2. The molecule has 0 aliphatic carbocycles. The van der Waals surface area contributed by atoms with Gasteiger partial charge in [0.15, 0.2) is 0 Å². The summed E-state index contributed by atoms with van der Waals surface area (Å²) in [6.07, 6.45) is 2.32. The van der Waals surface area contributed by atoms with Crippen molar-refractivity contribution in [2.45, 2.75) is 13.0 Å². The number of carbonyl (C=O) groups is 1. The number of amides is 1. The summed E-state index contributed by atoms with van der Waals surface area (Å²) in [6.45, 7) is 4.46. The summed E-state index contributed by atoms with van der Waals surface area (Å²) in [5.74, 6) is 1.09. The third kappa shape index (κ3) is 4.80. The second-order valence-corrected chi connectivity index (χ2v) is 5.89. The highest BCUT2D eigenvalue weighted by Gasteiger charge is 2.21. The van der Waals surface area contributed by atoms with Gasteiger partial charge in [0.1, 0.15) is 12.4 Å². The summed E-state index contributed by atoms with van der Waals surface area (Å²) in [6, 6.07) is 15.6. The molecule has 0 N–H and O–H groups in total. The van der Waals surface area contributed by atoms with Gasteiger partial charge in [-0.3, -0.25) is 14.7 Å². The Balaban J connectivity index is 1.46. The number of aromatic nitrogens is 1. The molecule has 0 bridgehead atoms. The van der Waals surface area contributed by atoms with Gasteiger partial charge in [0.05, 0.1) is 12.2 Å². The van der Waals surface area contributed by atoms with Gasteiger partial charge in [0, 0.05) is 38.8 Å². The lowest BCUT2D eigenvalue weighted by Gasteiger charge is -2.22. The molecule has 24 heavy (non-hydrogen) atoms. The fraction of sp³-hybridized carbons (Fsp3) is 0.368. The Labute approximate surface area is 142 Å². The highest BCUT2D eigenvalue weighted by molar-refractivity contribution is 5.76. The molecule has 1 aliphatic rings. The number of hydrogen-bond acceptors (Lipinski definition) is 4. The summed E-state index contributed by atoms with van der Waals surface area (Å²) in [5.41, 5.74) is 0.937. The van der Waals surface area contributed by atoms with E-state index in [1.54, 1.807) is 6.20 Å². The molecule has 3 rings (SSSR count). The number of hydrogen-bond donors (Lipinski definition) is 0. The van der Waals surface area contributed by atoms with E-state index in [9.17, 15) is 4.79 Å². The van der Waals surface area contributed by atoms with Gasteiger partial charge in [-0.15, -0.1) is 0 Å². The first-order valence-corrected chi connectivity index (χ1v) is 8.39. The normalized spacial score (nSPS) is 16.0. The Morgan fingerprint density at radius 3 is 2.62 bits per heavy atom. The molecule has 5 nitrogen and oxygen atoms in total. The first-order valence-electron chi connectivity index (χ1n) is 8.39. The number of nitrogens with zero attached hydrogens (tertiary/aromatic N) is 3. The molecule has 0 unspecified atom stereocenters. The second-order valence-electron chi connectivity index (χ2n) is 5.89. The molecule has 2 aromatic rings. The maximum atomic E-state index is 12.3. The van der Waals surface area contributed by atoms with Gasteiger partial charge < -0.3 is 9.64 Å². The fourth-order valence-electron chi connectivity index (χ4n) is 2.80. The highest BCUT2D eigenvalue weighted by Crippen LogP contribution is 2.10. The van der Waals surface area contributed by atoms with Crippen LogP contribution in [0.15, 0.2) is 54.7 Å². The molecule has 5 heteroatoms. The lowest BCUT2D eigenvalue weighted by Crippen LogP contribution is -2.34. The van der Waals surface area contributed by atoms with Gasteiger partial charge in [-0.05, 0) is 24.3 Å². The van der Waals surface area contributed by atoms with E-state index in [0.29, 0.717) is 19.6 Å². The Morgan fingerprint density at radius 1 is 1.00 bits per heavy atom. The Kier molecular flexibility index (Phi) is 5.80. The van der Waals surface area contributed by atoms with Crippen LogP contribution < -0.4 is 4.74 Å². The van der Waals surface area contributed by atoms with E-state index >= 15 is 0 Å². The van der Waals surface area contributed by atoms with E-state index in [1.807, 2.05) is 53.4 Å².